The highest BCUT2D eigenvalue weighted by atomic mass is 15.3. The van der Waals surface area contributed by atoms with Crippen LogP contribution in [0.4, 0.5) is 5.95 Å². The van der Waals surface area contributed by atoms with Crippen LogP contribution in [0.15, 0.2) is 54.6 Å². The van der Waals surface area contributed by atoms with Crippen molar-refractivity contribution in [2.45, 2.75) is 19.9 Å². The van der Waals surface area contributed by atoms with Crippen LogP contribution in [-0.2, 0) is 13.0 Å². The normalized spacial score (nSPS) is 11.2. The summed E-state index contributed by atoms with van der Waals surface area (Å²) >= 11 is 0. The number of aromatic nitrogens is 4. The van der Waals surface area contributed by atoms with Gasteiger partial charge in [-0.3, -0.25) is 0 Å². The zero-order valence-electron chi connectivity index (χ0n) is 12.9. The quantitative estimate of drug-likeness (QED) is 0.627. The maximum absolute atomic E-state index is 4.77. The summed E-state index contributed by atoms with van der Waals surface area (Å²) in [6.45, 7) is 2.79. The van der Waals surface area contributed by atoms with Gasteiger partial charge in [0.25, 0.3) is 0 Å². The topological polar surface area (TPSA) is 55.1 Å². The molecule has 0 aliphatic carbocycles. The molecule has 5 nitrogen and oxygen atoms in total. The molecule has 5 heteroatoms. The van der Waals surface area contributed by atoms with E-state index in [2.05, 4.69) is 34.6 Å². The van der Waals surface area contributed by atoms with Crippen LogP contribution in [0.3, 0.4) is 0 Å². The minimum absolute atomic E-state index is 0.711. The lowest BCUT2D eigenvalue weighted by molar-refractivity contribution is 0.894. The van der Waals surface area contributed by atoms with Crippen molar-refractivity contribution in [3.8, 4) is 0 Å². The molecular formula is C18H17N5. The summed E-state index contributed by atoms with van der Waals surface area (Å²) in [7, 11) is 0. The van der Waals surface area contributed by atoms with Gasteiger partial charge in [-0.05, 0) is 17.7 Å². The molecule has 114 valence electrons. The van der Waals surface area contributed by atoms with Crippen LogP contribution >= 0.6 is 0 Å². The predicted octanol–water partition coefficient (Wildman–Crippen LogP) is 3.45. The molecule has 0 saturated heterocycles. The summed E-state index contributed by atoms with van der Waals surface area (Å²) < 4.78 is 2.02. The van der Waals surface area contributed by atoms with Gasteiger partial charge in [-0.2, -0.15) is 0 Å². The van der Waals surface area contributed by atoms with Crippen LogP contribution in [0, 0.1) is 0 Å². The van der Waals surface area contributed by atoms with Crippen molar-refractivity contribution in [3.63, 3.8) is 0 Å². The number of aryl methyl sites for hydroxylation is 1. The van der Waals surface area contributed by atoms with Crippen molar-refractivity contribution < 1.29 is 0 Å². The standard InChI is InChI=1S/C18H17N5/c1-2-16-21-22-17-14-10-6-7-11-15(14)20-18(23(16)17)19-12-13-8-4-3-5-9-13/h3-11H,2,12H2,1H3,(H,19,20). The first kappa shape index (κ1) is 13.7. The highest BCUT2D eigenvalue weighted by Gasteiger charge is 2.13. The Morgan fingerprint density at radius 1 is 0.957 bits per heavy atom. The highest BCUT2D eigenvalue weighted by molar-refractivity contribution is 5.92. The third-order valence-electron chi connectivity index (χ3n) is 3.92. The molecule has 4 aromatic rings. The molecule has 0 aliphatic heterocycles. The highest BCUT2D eigenvalue weighted by Crippen LogP contribution is 2.22. The molecule has 0 unspecified atom stereocenters. The fraction of sp³-hybridized carbons (Fsp3) is 0.167. The van der Waals surface area contributed by atoms with Gasteiger partial charge in [0.2, 0.25) is 5.95 Å². The fourth-order valence-corrected chi connectivity index (χ4v) is 2.76. The first-order chi connectivity index (χ1) is 11.4. The van der Waals surface area contributed by atoms with E-state index in [-0.39, 0.29) is 0 Å². The maximum atomic E-state index is 4.77. The molecule has 2 aromatic carbocycles. The van der Waals surface area contributed by atoms with Crippen LogP contribution in [0.1, 0.15) is 18.3 Å². The Hall–Kier alpha value is -2.95. The van der Waals surface area contributed by atoms with Gasteiger partial charge >= 0.3 is 0 Å². The molecule has 0 radical (unpaired) electrons. The summed E-state index contributed by atoms with van der Waals surface area (Å²) in [6, 6.07) is 18.3. The van der Waals surface area contributed by atoms with Crippen LogP contribution in [0.25, 0.3) is 16.6 Å². The molecule has 4 rings (SSSR count). The molecule has 0 spiro atoms. The van der Waals surface area contributed by atoms with Gasteiger partial charge in [-0.15, -0.1) is 10.2 Å². The van der Waals surface area contributed by atoms with Crippen molar-refractivity contribution in [2.24, 2.45) is 0 Å². The minimum Gasteiger partial charge on any atom is -0.351 e. The van der Waals surface area contributed by atoms with E-state index >= 15 is 0 Å². The largest absolute Gasteiger partial charge is 0.351 e. The van der Waals surface area contributed by atoms with Gasteiger partial charge in [-0.25, -0.2) is 9.38 Å². The molecule has 23 heavy (non-hydrogen) atoms. The summed E-state index contributed by atoms with van der Waals surface area (Å²) in [5, 5.41) is 13.1. The first-order valence-corrected chi connectivity index (χ1v) is 7.77. The van der Waals surface area contributed by atoms with E-state index in [0.717, 1.165) is 34.7 Å². The SMILES string of the molecule is CCc1nnc2c3ccccc3nc(NCc3ccccc3)n12. The third kappa shape index (κ3) is 2.40. The second-order valence-corrected chi connectivity index (χ2v) is 5.42. The van der Waals surface area contributed by atoms with E-state index < -0.39 is 0 Å². The molecule has 0 amide bonds. The van der Waals surface area contributed by atoms with Crippen LogP contribution in [0.2, 0.25) is 0 Å². The van der Waals surface area contributed by atoms with E-state index in [4.69, 9.17) is 4.98 Å². The second kappa shape index (κ2) is 5.68. The van der Waals surface area contributed by atoms with Crippen molar-refractivity contribution in [2.75, 3.05) is 5.32 Å². The smallest absolute Gasteiger partial charge is 0.211 e. The van der Waals surface area contributed by atoms with Crippen molar-refractivity contribution in [3.05, 3.63) is 66.0 Å². The Labute approximate surface area is 134 Å². The Morgan fingerprint density at radius 3 is 2.57 bits per heavy atom. The molecule has 0 aliphatic rings. The van der Waals surface area contributed by atoms with Gasteiger partial charge in [0, 0.05) is 18.4 Å². The average molecular weight is 303 g/mol. The predicted molar refractivity (Wildman–Crippen MR) is 91.4 cm³/mol. The molecule has 2 heterocycles. The molecule has 2 aromatic heterocycles. The first-order valence-electron chi connectivity index (χ1n) is 7.77. The van der Waals surface area contributed by atoms with E-state index in [1.54, 1.807) is 0 Å². The number of hydrogen-bond donors (Lipinski definition) is 1. The summed E-state index contributed by atoms with van der Waals surface area (Å²) in [4.78, 5) is 4.77. The van der Waals surface area contributed by atoms with Crippen molar-refractivity contribution in [1.82, 2.24) is 19.6 Å². The lowest BCUT2D eigenvalue weighted by Crippen LogP contribution is -2.08. The molecule has 0 fully saturated rings. The van der Waals surface area contributed by atoms with Crippen LogP contribution < -0.4 is 5.32 Å². The number of benzene rings is 2. The summed E-state index contributed by atoms with van der Waals surface area (Å²) in [5.41, 5.74) is 2.98. The molecular weight excluding hydrogens is 286 g/mol. The summed E-state index contributed by atoms with van der Waals surface area (Å²) in [6.07, 6.45) is 0.807. The van der Waals surface area contributed by atoms with E-state index in [0.29, 0.717) is 6.54 Å². The zero-order valence-corrected chi connectivity index (χ0v) is 12.9. The number of rotatable bonds is 4. The minimum atomic E-state index is 0.711. The second-order valence-electron chi connectivity index (χ2n) is 5.42. The van der Waals surface area contributed by atoms with E-state index in [9.17, 15) is 0 Å². The molecule has 0 atom stereocenters. The Balaban J connectivity index is 1.84. The Morgan fingerprint density at radius 2 is 1.74 bits per heavy atom. The fourth-order valence-electron chi connectivity index (χ4n) is 2.76. The number of para-hydroxylation sites is 1. The van der Waals surface area contributed by atoms with Gasteiger partial charge in [0.15, 0.2) is 5.65 Å². The number of fused-ring (bicyclic) bond motifs is 3. The lowest BCUT2D eigenvalue weighted by Gasteiger charge is -2.11. The van der Waals surface area contributed by atoms with Gasteiger partial charge in [0.1, 0.15) is 5.82 Å². The third-order valence-corrected chi connectivity index (χ3v) is 3.92. The van der Waals surface area contributed by atoms with Crippen molar-refractivity contribution in [1.29, 1.82) is 0 Å². The lowest BCUT2D eigenvalue weighted by atomic mass is 10.2. The zero-order chi connectivity index (χ0) is 15.6. The number of hydrogen-bond acceptors (Lipinski definition) is 4. The molecule has 1 N–H and O–H groups in total. The molecule has 0 saturated carbocycles. The Kier molecular flexibility index (Phi) is 3.38. The van der Waals surface area contributed by atoms with E-state index in [1.165, 1.54) is 5.56 Å². The monoisotopic (exact) mass is 303 g/mol. The number of nitrogens with one attached hydrogen (secondary N) is 1. The van der Waals surface area contributed by atoms with Gasteiger partial charge in [-0.1, -0.05) is 49.4 Å². The number of nitrogens with zero attached hydrogens (tertiary/aromatic N) is 4. The van der Waals surface area contributed by atoms with Crippen LogP contribution in [-0.4, -0.2) is 19.6 Å². The van der Waals surface area contributed by atoms with E-state index in [1.807, 2.05) is 46.9 Å². The maximum Gasteiger partial charge on any atom is 0.211 e. The number of anilines is 1. The van der Waals surface area contributed by atoms with Crippen molar-refractivity contribution >= 4 is 22.5 Å². The van der Waals surface area contributed by atoms with Crippen LogP contribution in [0.5, 0.6) is 0 Å². The van der Waals surface area contributed by atoms with Gasteiger partial charge in [0.05, 0.1) is 5.52 Å². The average Bonchev–Trinajstić information content (AvgIpc) is 3.05. The Bertz CT molecular complexity index is 959. The summed E-state index contributed by atoms with van der Waals surface area (Å²) in [5.74, 6) is 1.69. The van der Waals surface area contributed by atoms with Gasteiger partial charge < -0.3 is 5.32 Å². The molecule has 0 bridgehead atoms.